The third-order valence-corrected chi connectivity index (χ3v) is 3.76. The van der Waals surface area contributed by atoms with Crippen molar-refractivity contribution in [1.82, 2.24) is 10.2 Å². The smallest absolute Gasteiger partial charge is 0.148 e. The highest BCUT2D eigenvalue weighted by molar-refractivity contribution is 7.15. The molecule has 5 heteroatoms. The Hall–Kier alpha value is -2.66. The molecule has 2 N–H and O–H groups in total. The zero-order valence-electron chi connectivity index (χ0n) is 11.0. The maximum absolute atomic E-state index is 9.48. The first-order valence-electron chi connectivity index (χ1n) is 6.31. The van der Waals surface area contributed by atoms with Crippen LogP contribution in [0.2, 0.25) is 0 Å². The molecule has 3 aromatic rings. The topological polar surface area (TPSA) is 66.2 Å². The fourth-order valence-corrected chi connectivity index (χ4v) is 2.60. The zero-order valence-corrected chi connectivity index (χ0v) is 11.8. The van der Waals surface area contributed by atoms with Gasteiger partial charge in [-0.15, -0.1) is 10.2 Å². The minimum atomic E-state index is 0.208. The lowest BCUT2D eigenvalue weighted by molar-refractivity contribution is 0.475. The van der Waals surface area contributed by atoms with Gasteiger partial charge in [0, 0.05) is 5.56 Å². The van der Waals surface area contributed by atoms with Crippen LogP contribution in [0.4, 0.5) is 0 Å². The standard InChI is InChI=1S/C16H12N2O2S/c19-13-5-1-3-11(9-13)7-8-15-17-18-16(21-15)12-4-2-6-14(20)10-12/h1-10,19-20H/b8-7+. The first kappa shape index (κ1) is 13.3. The number of phenolic OH excluding ortho intramolecular Hbond substituents is 2. The van der Waals surface area contributed by atoms with E-state index in [0.29, 0.717) is 0 Å². The van der Waals surface area contributed by atoms with Crippen LogP contribution in [-0.2, 0) is 0 Å². The third-order valence-electron chi connectivity index (χ3n) is 2.82. The lowest BCUT2D eigenvalue weighted by Gasteiger charge is -1.95. The Morgan fingerprint density at radius 2 is 1.62 bits per heavy atom. The van der Waals surface area contributed by atoms with Crippen LogP contribution in [-0.4, -0.2) is 20.4 Å². The summed E-state index contributed by atoms with van der Waals surface area (Å²) in [6, 6.07) is 13.9. The third kappa shape index (κ3) is 3.27. The number of benzene rings is 2. The van der Waals surface area contributed by atoms with Crippen LogP contribution in [0.3, 0.4) is 0 Å². The van der Waals surface area contributed by atoms with Crippen LogP contribution in [0.1, 0.15) is 10.6 Å². The highest BCUT2D eigenvalue weighted by Gasteiger charge is 2.05. The van der Waals surface area contributed by atoms with Gasteiger partial charge in [0.25, 0.3) is 0 Å². The predicted octanol–water partition coefficient (Wildman–Crippen LogP) is 3.79. The summed E-state index contributed by atoms with van der Waals surface area (Å²) in [5.74, 6) is 0.439. The molecule has 2 aromatic carbocycles. The molecule has 0 radical (unpaired) electrons. The van der Waals surface area contributed by atoms with Gasteiger partial charge >= 0.3 is 0 Å². The van der Waals surface area contributed by atoms with Crippen molar-refractivity contribution in [1.29, 1.82) is 0 Å². The molecule has 0 aliphatic rings. The van der Waals surface area contributed by atoms with Crippen LogP contribution in [0.15, 0.2) is 48.5 Å². The Bertz CT molecular complexity index is 796. The monoisotopic (exact) mass is 296 g/mol. The molecule has 4 nitrogen and oxygen atoms in total. The molecule has 3 rings (SSSR count). The molecule has 0 amide bonds. The molecule has 104 valence electrons. The summed E-state index contributed by atoms with van der Waals surface area (Å²) >= 11 is 1.44. The summed E-state index contributed by atoms with van der Waals surface area (Å²) in [5.41, 5.74) is 1.73. The molecule has 1 aromatic heterocycles. The second-order valence-electron chi connectivity index (χ2n) is 4.42. The molecule has 0 saturated carbocycles. The Labute approximate surface area is 125 Å². The van der Waals surface area contributed by atoms with Gasteiger partial charge in [-0.1, -0.05) is 41.7 Å². The van der Waals surface area contributed by atoms with Crippen LogP contribution in [0.25, 0.3) is 22.7 Å². The summed E-state index contributed by atoms with van der Waals surface area (Å²) in [7, 11) is 0. The first-order valence-corrected chi connectivity index (χ1v) is 7.12. The van der Waals surface area contributed by atoms with E-state index in [4.69, 9.17) is 0 Å². The SMILES string of the molecule is Oc1cccc(/C=C/c2nnc(-c3cccc(O)c3)s2)c1. The molecular weight excluding hydrogens is 284 g/mol. The Morgan fingerprint density at radius 1 is 0.857 bits per heavy atom. The van der Waals surface area contributed by atoms with E-state index in [1.54, 1.807) is 36.4 Å². The molecule has 0 saturated heterocycles. The maximum atomic E-state index is 9.48. The average molecular weight is 296 g/mol. The normalized spacial score (nSPS) is 11.0. The van der Waals surface area contributed by atoms with Crippen LogP contribution in [0.5, 0.6) is 11.5 Å². The number of aromatic hydroxyl groups is 2. The molecule has 0 atom stereocenters. The molecule has 1 heterocycles. The van der Waals surface area contributed by atoms with Crippen molar-refractivity contribution in [3.8, 4) is 22.1 Å². The Morgan fingerprint density at radius 3 is 2.38 bits per heavy atom. The Kier molecular flexibility index (Phi) is 3.66. The second-order valence-corrected chi connectivity index (χ2v) is 5.43. The largest absolute Gasteiger partial charge is 0.508 e. The van der Waals surface area contributed by atoms with Crippen molar-refractivity contribution in [2.45, 2.75) is 0 Å². The summed E-state index contributed by atoms with van der Waals surface area (Å²) in [5, 5.41) is 28.6. The second kappa shape index (κ2) is 5.76. The summed E-state index contributed by atoms with van der Waals surface area (Å²) in [6.45, 7) is 0. The van der Waals surface area contributed by atoms with E-state index in [1.165, 1.54) is 11.3 Å². The highest BCUT2D eigenvalue weighted by Crippen LogP contribution is 2.27. The van der Waals surface area contributed by atoms with E-state index in [0.717, 1.165) is 21.1 Å². The van der Waals surface area contributed by atoms with Crippen molar-refractivity contribution < 1.29 is 10.2 Å². The van der Waals surface area contributed by atoms with Gasteiger partial charge in [0.2, 0.25) is 0 Å². The number of hydrogen-bond acceptors (Lipinski definition) is 5. The molecule has 0 spiro atoms. The van der Waals surface area contributed by atoms with Crippen LogP contribution >= 0.6 is 11.3 Å². The van der Waals surface area contributed by atoms with E-state index in [9.17, 15) is 10.2 Å². The highest BCUT2D eigenvalue weighted by atomic mass is 32.1. The molecule has 0 aliphatic heterocycles. The van der Waals surface area contributed by atoms with Crippen molar-refractivity contribution >= 4 is 23.5 Å². The Balaban J connectivity index is 1.82. The van der Waals surface area contributed by atoms with Gasteiger partial charge < -0.3 is 10.2 Å². The maximum Gasteiger partial charge on any atom is 0.148 e. The van der Waals surface area contributed by atoms with Gasteiger partial charge in [-0.25, -0.2) is 0 Å². The van der Waals surface area contributed by atoms with Crippen molar-refractivity contribution in [3.05, 3.63) is 59.1 Å². The van der Waals surface area contributed by atoms with Gasteiger partial charge in [0.05, 0.1) is 0 Å². The summed E-state index contributed by atoms with van der Waals surface area (Å²) in [4.78, 5) is 0. The lowest BCUT2D eigenvalue weighted by atomic mass is 10.2. The average Bonchev–Trinajstić information content (AvgIpc) is 2.94. The molecular formula is C16H12N2O2S. The number of hydrogen-bond donors (Lipinski definition) is 2. The van der Waals surface area contributed by atoms with Crippen LogP contribution < -0.4 is 0 Å². The summed E-state index contributed by atoms with van der Waals surface area (Å²) < 4.78 is 0. The van der Waals surface area contributed by atoms with Crippen molar-refractivity contribution in [2.75, 3.05) is 0 Å². The van der Waals surface area contributed by atoms with Gasteiger partial charge in [-0.3, -0.25) is 0 Å². The number of nitrogens with zero attached hydrogens (tertiary/aromatic N) is 2. The first-order chi connectivity index (χ1) is 10.2. The van der Waals surface area contributed by atoms with Crippen LogP contribution in [0, 0.1) is 0 Å². The predicted molar refractivity (Wildman–Crippen MR) is 84.0 cm³/mol. The molecule has 0 aliphatic carbocycles. The van der Waals surface area contributed by atoms with E-state index in [1.807, 2.05) is 24.3 Å². The minimum absolute atomic E-state index is 0.208. The van der Waals surface area contributed by atoms with Gasteiger partial charge in [-0.2, -0.15) is 0 Å². The van der Waals surface area contributed by atoms with Crippen molar-refractivity contribution in [3.63, 3.8) is 0 Å². The molecule has 0 bridgehead atoms. The molecule has 0 fully saturated rings. The molecule has 0 unspecified atom stereocenters. The van der Waals surface area contributed by atoms with Gasteiger partial charge in [-0.05, 0) is 35.9 Å². The van der Waals surface area contributed by atoms with E-state index in [2.05, 4.69) is 10.2 Å². The fraction of sp³-hybridized carbons (Fsp3) is 0. The van der Waals surface area contributed by atoms with E-state index >= 15 is 0 Å². The zero-order chi connectivity index (χ0) is 14.7. The molecule has 21 heavy (non-hydrogen) atoms. The minimum Gasteiger partial charge on any atom is -0.508 e. The lowest BCUT2D eigenvalue weighted by Crippen LogP contribution is -1.76. The van der Waals surface area contributed by atoms with Gasteiger partial charge in [0.15, 0.2) is 0 Å². The van der Waals surface area contributed by atoms with E-state index < -0.39 is 0 Å². The fourth-order valence-electron chi connectivity index (χ4n) is 1.85. The number of phenols is 2. The number of aromatic nitrogens is 2. The van der Waals surface area contributed by atoms with Gasteiger partial charge in [0.1, 0.15) is 21.5 Å². The number of rotatable bonds is 3. The van der Waals surface area contributed by atoms with E-state index in [-0.39, 0.29) is 11.5 Å². The van der Waals surface area contributed by atoms with Crippen molar-refractivity contribution in [2.24, 2.45) is 0 Å². The summed E-state index contributed by atoms with van der Waals surface area (Å²) in [6.07, 6.45) is 3.71. The quantitative estimate of drug-likeness (QED) is 0.771.